The van der Waals surface area contributed by atoms with E-state index in [0.29, 0.717) is 29.6 Å². The lowest BCUT2D eigenvalue weighted by atomic mass is 9.96. The quantitative estimate of drug-likeness (QED) is 0.316. The zero-order chi connectivity index (χ0) is 22.4. The Balaban J connectivity index is 1.13. The molecule has 3 N–H and O–H groups in total. The summed E-state index contributed by atoms with van der Waals surface area (Å²) in [4.78, 5) is 10.4. The predicted octanol–water partition coefficient (Wildman–Crippen LogP) is 6.63. The summed E-state index contributed by atoms with van der Waals surface area (Å²) in [5, 5.41) is 15.7. The van der Waals surface area contributed by atoms with Crippen LogP contribution in [-0.4, -0.2) is 22.1 Å². The Morgan fingerprint density at radius 3 is 2.06 bits per heavy atom. The van der Waals surface area contributed by atoms with E-state index in [-0.39, 0.29) is 0 Å². The first-order chi connectivity index (χ1) is 16.2. The number of hydrogen-bond donors (Lipinski definition) is 3. The lowest BCUT2D eigenvalue weighted by molar-refractivity contribution is 0.429. The molecular formula is C28H27N5. The van der Waals surface area contributed by atoms with Crippen molar-refractivity contribution in [2.45, 2.75) is 62.4 Å². The van der Waals surface area contributed by atoms with Gasteiger partial charge in [0.2, 0.25) is 0 Å². The molecule has 33 heavy (non-hydrogen) atoms. The first kappa shape index (κ1) is 20.1. The van der Waals surface area contributed by atoms with Crippen molar-refractivity contribution in [2.75, 3.05) is 0 Å². The van der Waals surface area contributed by atoms with E-state index in [1.165, 1.54) is 47.6 Å². The number of benzene rings is 2. The van der Waals surface area contributed by atoms with Crippen molar-refractivity contribution in [2.24, 2.45) is 0 Å². The zero-order valence-corrected chi connectivity index (χ0v) is 18.6. The Morgan fingerprint density at radius 2 is 1.45 bits per heavy atom. The van der Waals surface area contributed by atoms with Crippen LogP contribution in [0.5, 0.6) is 0 Å². The van der Waals surface area contributed by atoms with Gasteiger partial charge < -0.3 is 15.3 Å². The van der Waals surface area contributed by atoms with Crippen LogP contribution < -0.4 is 5.32 Å². The van der Waals surface area contributed by atoms with E-state index in [4.69, 9.17) is 6.57 Å². The van der Waals surface area contributed by atoms with Crippen molar-refractivity contribution in [1.29, 1.82) is 5.26 Å². The highest BCUT2D eigenvalue weighted by Crippen LogP contribution is 2.42. The highest BCUT2D eigenvalue weighted by atomic mass is 15.0. The molecule has 2 aromatic carbocycles. The minimum atomic E-state index is 0.544. The molecule has 0 bridgehead atoms. The maximum Gasteiger partial charge on any atom is 0.187 e. The van der Waals surface area contributed by atoms with Gasteiger partial charge >= 0.3 is 0 Å². The van der Waals surface area contributed by atoms with E-state index in [1.54, 1.807) is 0 Å². The van der Waals surface area contributed by atoms with Crippen molar-refractivity contribution >= 4 is 27.5 Å². The summed E-state index contributed by atoms with van der Waals surface area (Å²) in [5.74, 6) is 1.09. The van der Waals surface area contributed by atoms with Gasteiger partial charge in [0.15, 0.2) is 5.69 Å². The fourth-order valence-electron chi connectivity index (χ4n) is 6.25. The van der Waals surface area contributed by atoms with E-state index >= 15 is 0 Å². The normalized spacial score (nSPS) is 24.9. The average molecular weight is 434 g/mol. The molecule has 164 valence electrons. The van der Waals surface area contributed by atoms with Crippen LogP contribution in [0.15, 0.2) is 48.8 Å². The van der Waals surface area contributed by atoms with E-state index in [2.05, 4.69) is 38.6 Å². The molecule has 2 aromatic heterocycles. The topological polar surface area (TPSA) is 71.8 Å². The summed E-state index contributed by atoms with van der Waals surface area (Å²) in [6.45, 7) is 7.33. The fourth-order valence-corrected chi connectivity index (χ4v) is 6.25. The Morgan fingerprint density at radius 1 is 0.848 bits per heavy atom. The highest BCUT2D eigenvalue weighted by Gasteiger charge is 2.33. The number of nitrogens with zero attached hydrogens (tertiary/aromatic N) is 2. The summed E-state index contributed by atoms with van der Waals surface area (Å²) < 4.78 is 0. The molecule has 2 aliphatic rings. The average Bonchev–Trinajstić information content (AvgIpc) is 3.64. The first-order valence-corrected chi connectivity index (χ1v) is 12.0. The summed E-state index contributed by atoms with van der Waals surface area (Å²) >= 11 is 0. The van der Waals surface area contributed by atoms with Crippen LogP contribution in [0.3, 0.4) is 0 Å². The number of nitriles is 1. The van der Waals surface area contributed by atoms with Gasteiger partial charge in [-0.3, -0.25) is 0 Å². The number of fused-ring (bicyclic) bond motifs is 2. The molecular weight excluding hydrogens is 406 g/mol. The molecule has 4 aromatic rings. The van der Waals surface area contributed by atoms with E-state index in [9.17, 15) is 5.26 Å². The molecule has 6 rings (SSSR count). The van der Waals surface area contributed by atoms with Crippen molar-refractivity contribution in [3.8, 4) is 6.07 Å². The highest BCUT2D eigenvalue weighted by molar-refractivity contribution is 5.87. The standard InChI is InChI=1S/C28H27N5/c1-30-20-7-9-28-24(13-20)26(16-32-28)19-4-6-22(12-19)33-21-5-3-18(11-21)25-15-31-27-8-2-17(14-29)10-23(25)27/h2,7-10,13,15-16,18-19,21-22,31-33H,3-6,11-12H2/t18-,19-,21?,22?/m0/s1. The SMILES string of the molecule is [C-]#[N+]c1ccc2[nH]cc([C@H]3CCC(NC4CC[C@H](c5c[nH]c6ccc(C#N)cc56)C4)C3)c2c1. The van der Waals surface area contributed by atoms with Crippen LogP contribution in [0.2, 0.25) is 0 Å². The van der Waals surface area contributed by atoms with Gasteiger partial charge in [-0.25, -0.2) is 4.85 Å². The summed E-state index contributed by atoms with van der Waals surface area (Å²) in [5.41, 5.74) is 6.44. The maximum absolute atomic E-state index is 9.28. The second kappa shape index (κ2) is 8.10. The molecule has 4 atom stereocenters. The fraction of sp³-hybridized carbons (Fsp3) is 0.357. The minimum Gasteiger partial charge on any atom is -0.361 e. The molecule has 0 spiro atoms. The van der Waals surface area contributed by atoms with Gasteiger partial charge in [0.25, 0.3) is 0 Å². The Labute approximate surface area is 193 Å². The third-order valence-corrected chi connectivity index (χ3v) is 7.89. The molecule has 2 saturated carbocycles. The first-order valence-electron chi connectivity index (χ1n) is 12.0. The third-order valence-electron chi connectivity index (χ3n) is 7.89. The van der Waals surface area contributed by atoms with Gasteiger partial charge in [0.1, 0.15) is 0 Å². The monoisotopic (exact) mass is 433 g/mol. The van der Waals surface area contributed by atoms with Crippen molar-refractivity contribution in [3.63, 3.8) is 0 Å². The molecule has 2 aliphatic carbocycles. The van der Waals surface area contributed by atoms with Gasteiger partial charge in [-0.2, -0.15) is 5.26 Å². The number of aromatic nitrogens is 2. The zero-order valence-electron chi connectivity index (χ0n) is 18.6. The van der Waals surface area contributed by atoms with Crippen molar-refractivity contribution in [1.82, 2.24) is 15.3 Å². The van der Waals surface area contributed by atoms with Gasteiger partial charge in [-0.15, -0.1) is 0 Å². The van der Waals surface area contributed by atoms with Crippen molar-refractivity contribution < 1.29 is 0 Å². The van der Waals surface area contributed by atoms with Crippen LogP contribution >= 0.6 is 0 Å². The maximum atomic E-state index is 9.28. The Hall–Kier alpha value is -3.54. The second-order valence-corrected chi connectivity index (χ2v) is 9.78. The Bertz CT molecular complexity index is 1300. The van der Waals surface area contributed by atoms with E-state index in [0.717, 1.165) is 29.4 Å². The predicted molar refractivity (Wildman–Crippen MR) is 131 cm³/mol. The third kappa shape index (κ3) is 3.59. The lowest BCUT2D eigenvalue weighted by Gasteiger charge is -2.19. The largest absolute Gasteiger partial charge is 0.361 e. The minimum absolute atomic E-state index is 0.544. The van der Waals surface area contributed by atoms with Crippen LogP contribution in [0.4, 0.5) is 5.69 Å². The van der Waals surface area contributed by atoms with E-state index in [1.807, 2.05) is 36.4 Å². The van der Waals surface area contributed by atoms with Crippen LogP contribution in [-0.2, 0) is 0 Å². The molecule has 2 unspecified atom stereocenters. The summed E-state index contributed by atoms with van der Waals surface area (Å²) in [6.07, 6.45) is 11.4. The molecule has 0 radical (unpaired) electrons. The number of hydrogen-bond acceptors (Lipinski definition) is 2. The van der Waals surface area contributed by atoms with Gasteiger partial charge in [0, 0.05) is 40.9 Å². The number of nitrogens with one attached hydrogen (secondary N) is 3. The molecule has 2 heterocycles. The van der Waals surface area contributed by atoms with Crippen LogP contribution in [0.25, 0.3) is 26.7 Å². The molecule has 0 aliphatic heterocycles. The molecule has 0 saturated heterocycles. The molecule has 5 heteroatoms. The van der Waals surface area contributed by atoms with E-state index < -0.39 is 0 Å². The Kier molecular flexibility index (Phi) is 4.93. The van der Waals surface area contributed by atoms with Gasteiger partial charge in [-0.05, 0) is 97.2 Å². The smallest absolute Gasteiger partial charge is 0.187 e. The number of aromatic amines is 2. The number of H-pyrrole nitrogens is 2. The number of rotatable bonds is 4. The summed E-state index contributed by atoms with van der Waals surface area (Å²) in [7, 11) is 0. The molecule has 5 nitrogen and oxygen atoms in total. The molecule has 0 amide bonds. The van der Waals surface area contributed by atoms with Gasteiger partial charge in [-0.1, -0.05) is 6.07 Å². The van der Waals surface area contributed by atoms with Gasteiger partial charge in [0.05, 0.1) is 18.2 Å². The van der Waals surface area contributed by atoms with Crippen molar-refractivity contribution in [3.05, 3.63) is 76.9 Å². The molecule has 2 fully saturated rings. The van der Waals surface area contributed by atoms with Crippen LogP contribution in [0, 0.1) is 17.9 Å². The lowest BCUT2D eigenvalue weighted by Crippen LogP contribution is -2.35. The van der Waals surface area contributed by atoms with Crippen LogP contribution in [0.1, 0.15) is 67.1 Å². The summed E-state index contributed by atoms with van der Waals surface area (Å²) in [6, 6.07) is 15.3. The second-order valence-electron chi connectivity index (χ2n) is 9.78.